The molecule has 0 aromatic heterocycles. The van der Waals surface area contributed by atoms with Crippen LogP contribution in [0.4, 0.5) is 0 Å². The molecule has 3 atom stereocenters. The fraction of sp³-hybridized carbons (Fsp3) is 0.611. The van der Waals surface area contributed by atoms with Gasteiger partial charge in [0.1, 0.15) is 18.1 Å². The quantitative estimate of drug-likeness (QED) is 0.798. The van der Waals surface area contributed by atoms with Crippen molar-refractivity contribution in [2.45, 2.75) is 44.7 Å². The fourth-order valence-electron chi connectivity index (χ4n) is 3.84. The number of carbonyl (C=O) groups is 1. The molecule has 1 aromatic carbocycles. The average Bonchev–Trinajstić information content (AvgIpc) is 3.11. The van der Waals surface area contributed by atoms with Gasteiger partial charge in [0.05, 0.1) is 12.5 Å². The number of ether oxygens (including phenoxy) is 2. The van der Waals surface area contributed by atoms with Crippen molar-refractivity contribution >= 4 is 5.97 Å². The molecule has 1 aromatic rings. The first kappa shape index (κ1) is 16.1. The molecule has 5 heteroatoms. The van der Waals surface area contributed by atoms with Crippen molar-refractivity contribution in [2.75, 3.05) is 19.8 Å². The number of aliphatic carboxylic acids is 1. The van der Waals surface area contributed by atoms with Gasteiger partial charge in [0, 0.05) is 18.6 Å². The molecule has 2 saturated heterocycles. The van der Waals surface area contributed by atoms with Crippen LogP contribution in [0.3, 0.4) is 0 Å². The van der Waals surface area contributed by atoms with Crippen molar-refractivity contribution in [1.29, 1.82) is 0 Å². The number of benzene rings is 1. The van der Waals surface area contributed by atoms with Crippen molar-refractivity contribution in [3.8, 4) is 11.5 Å². The molecule has 2 heterocycles. The summed E-state index contributed by atoms with van der Waals surface area (Å²) in [5.74, 6) is 0.853. The highest BCUT2D eigenvalue weighted by molar-refractivity contribution is 5.71. The standard InChI is InChI=1S/C18H25NO4/c1-2-10-22-14-4-6-15(7-5-14)23-11-9-19-13-3-8-17(19)16(12-13)18(20)21/h4-7,13,16-17H,2-3,8-12H2,1H3,(H,20,21). The third-order valence-corrected chi connectivity index (χ3v) is 4.91. The number of carboxylic acid groups (broad SMARTS) is 1. The summed E-state index contributed by atoms with van der Waals surface area (Å²) in [4.78, 5) is 13.6. The lowest BCUT2D eigenvalue weighted by atomic mass is 9.89. The molecule has 5 nitrogen and oxygen atoms in total. The van der Waals surface area contributed by atoms with Gasteiger partial charge in [-0.1, -0.05) is 6.92 Å². The summed E-state index contributed by atoms with van der Waals surface area (Å²) < 4.78 is 11.4. The minimum atomic E-state index is -0.647. The van der Waals surface area contributed by atoms with Crippen LogP contribution in [0.1, 0.15) is 32.6 Å². The number of nitrogens with zero attached hydrogens (tertiary/aromatic N) is 1. The molecule has 0 saturated carbocycles. The second-order valence-electron chi connectivity index (χ2n) is 6.39. The third kappa shape index (κ3) is 3.61. The molecule has 3 rings (SSSR count). The summed E-state index contributed by atoms with van der Waals surface area (Å²) in [6, 6.07) is 8.31. The van der Waals surface area contributed by atoms with E-state index in [1.54, 1.807) is 0 Å². The molecule has 0 amide bonds. The third-order valence-electron chi connectivity index (χ3n) is 4.91. The Hall–Kier alpha value is -1.75. The first-order valence-electron chi connectivity index (χ1n) is 8.53. The summed E-state index contributed by atoms with van der Waals surface area (Å²) >= 11 is 0. The van der Waals surface area contributed by atoms with Crippen LogP contribution < -0.4 is 9.47 Å². The van der Waals surface area contributed by atoms with Gasteiger partial charge in [-0.15, -0.1) is 0 Å². The predicted octanol–water partition coefficient (Wildman–Crippen LogP) is 2.79. The Morgan fingerprint density at radius 1 is 1.17 bits per heavy atom. The zero-order chi connectivity index (χ0) is 16.2. The van der Waals surface area contributed by atoms with E-state index in [9.17, 15) is 9.90 Å². The average molecular weight is 319 g/mol. The molecular weight excluding hydrogens is 294 g/mol. The summed E-state index contributed by atoms with van der Waals surface area (Å²) in [5, 5.41) is 9.27. The first-order chi connectivity index (χ1) is 11.2. The Bertz CT molecular complexity index is 530. The number of hydrogen-bond acceptors (Lipinski definition) is 4. The van der Waals surface area contributed by atoms with E-state index in [1.165, 1.54) is 0 Å². The molecule has 23 heavy (non-hydrogen) atoms. The molecule has 2 aliphatic rings. The van der Waals surface area contributed by atoms with Crippen molar-refractivity contribution in [2.24, 2.45) is 5.92 Å². The zero-order valence-electron chi connectivity index (χ0n) is 13.6. The maximum absolute atomic E-state index is 11.3. The van der Waals surface area contributed by atoms with Crippen LogP contribution in [-0.4, -0.2) is 47.8 Å². The van der Waals surface area contributed by atoms with Crippen LogP contribution in [-0.2, 0) is 4.79 Å². The number of rotatable bonds is 8. The minimum absolute atomic E-state index is 0.191. The van der Waals surface area contributed by atoms with Gasteiger partial charge in [0.2, 0.25) is 0 Å². The predicted molar refractivity (Wildman–Crippen MR) is 87.0 cm³/mol. The molecule has 2 bridgehead atoms. The van der Waals surface area contributed by atoms with Gasteiger partial charge in [-0.3, -0.25) is 9.69 Å². The molecule has 2 aliphatic heterocycles. The van der Waals surface area contributed by atoms with E-state index in [1.807, 2.05) is 24.3 Å². The fourth-order valence-corrected chi connectivity index (χ4v) is 3.84. The van der Waals surface area contributed by atoms with E-state index >= 15 is 0 Å². The normalized spacial score (nSPS) is 26.4. The van der Waals surface area contributed by atoms with Gasteiger partial charge < -0.3 is 14.6 Å². The monoisotopic (exact) mass is 319 g/mol. The molecule has 2 fully saturated rings. The number of carboxylic acids is 1. The highest BCUT2D eigenvalue weighted by Crippen LogP contribution is 2.41. The Kier molecular flexibility index (Phi) is 5.06. The van der Waals surface area contributed by atoms with Crippen LogP contribution in [0, 0.1) is 5.92 Å². The van der Waals surface area contributed by atoms with Gasteiger partial charge in [-0.25, -0.2) is 0 Å². The highest BCUT2D eigenvalue weighted by atomic mass is 16.5. The second-order valence-corrected chi connectivity index (χ2v) is 6.39. The van der Waals surface area contributed by atoms with Gasteiger partial charge in [0.25, 0.3) is 0 Å². The van der Waals surface area contributed by atoms with Crippen molar-refractivity contribution < 1.29 is 19.4 Å². The molecule has 3 unspecified atom stereocenters. The van der Waals surface area contributed by atoms with Crippen molar-refractivity contribution in [1.82, 2.24) is 4.90 Å². The van der Waals surface area contributed by atoms with E-state index in [0.717, 1.165) is 50.3 Å². The summed E-state index contributed by atoms with van der Waals surface area (Å²) in [6.07, 6.45) is 3.92. The van der Waals surface area contributed by atoms with Crippen LogP contribution >= 0.6 is 0 Å². The van der Waals surface area contributed by atoms with Gasteiger partial charge in [0.15, 0.2) is 0 Å². The molecular formula is C18H25NO4. The van der Waals surface area contributed by atoms with Crippen LogP contribution in [0.15, 0.2) is 24.3 Å². The maximum Gasteiger partial charge on any atom is 0.308 e. The van der Waals surface area contributed by atoms with Gasteiger partial charge in [-0.2, -0.15) is 0 Å². The summed E-state index contributed by atoms with van der Waals surface area (Å²) in [7, 11) is 0. The van der Waals surface area contributed by atoms with Gasteiger partial charge >= 0.3 is 5.97 Å². The zero-order valence-corrected chi connectivity index (χ0v) is 13.6. The topological polar surface area (TPSA) is 59.0 Å². The molecule has 126 valence electrons. The molecule has 0 aliphatic carbocycles. The Morgan fingerprint density at radius 3 is 2.39 bits per heavy atom. The van der Waals surface area contributed by atoms with E-state index in [-0.39, 0.29) is 12.0 Å². The largest absolute Gasteiger partial charge is 0.494 e. The second kappa shape index (κ2) is 7.21. The van der Waals surface area contributed by atoms with E-state index < -0.39 is 5.97 Å². The molecule has 1 N–H and O–H groups in total. The Labute approximate surface area is 137 Å². The lowest BCUT2D eigenvalue weighted by molar-refractivity contribution is -0.142. The maximum atomic E-state index is 11.3. The number of hydrogen-bond donors (Lipinski definition) is 1. The van der Waals surface area contributed by atoms with Gasteiger partial charge in [-0.05, 0) is 49.9 Å². The Morgan fingerprint density at radius 2 is 1.83 bits per heavy atom. The van der Waals surface area contributed by atoms with E-state index in [4.69, 9.17) is 9.47 Å². The summed E-state index contributed by atoms with van der Waals surface area (Å²) in [5.41, 5.74) is 0. The first-order valence-corrected chi connectivity index (χ1v) is 8.53. The lowest BCUT2D eigenvalue weighted by Crippen LogP contribution is -2.35. The Balaban J connectivity index is 1.46. The van der Waals surface area contributed by atoms with Crippen molar-refractivity contribution in [3.05, 3.63) is 24.3 Å². The lowest BCUT2D eigenvalue weighted by Gasteiger charge is -2.22. The van der Waals surface area contributed by atoms with Crippen LogP contribution in [0.25, 0.3) is 0 Å². The van der Waals surface area contributed by atoms with E-state index in [0.29, 0.717) is 12.6 Å². The van der Waals surface area contributed by atoms with Crippen molar-refractivity contribution in [3.63, 3.8) is 0 Å². The van der Waals surface area contributed by atoms with Crippen LogP contribution in [0.2, 0.25) is 0 Å². The summed E-state index contributed by atoms with van der Waals surface area (Å²) in [6.45, 7) is 4.20. The van der Waals surface area contributed by atoms with E-state index in [2.05, 4.69) is 11.8 Å². The minimum Gasteiger partial charge on any atom is -0.494 e. The highest BCUT2D eigenvalue weighted by Gasteiger charge is 2.48. The smallest absolute Gasteiger partial charge is 0.308 e. The molecule has 0 radical (unpaired) electrons. The molecule has 0 spiro atoms. The van der Waals surface area contributed by atoms with Crippen LogP contribution in [0.5, 0.6) is 11.5 Å². The number of fused-ring (bicyclic) bond motifs is 2. The SMILES string of the molecule is CCCOc1ccc(OCCN2C3CCC2C(C(=O)O)C3)cc1.